The number of carboxylic acids is 1. The van der Waals surface area contributed by atoms with E-state index in [1.807, 2.05) is 0 Å². The van der Waals surface area contributed by atoms with Gasteiger partial charge in [0, 0.05) is 19.0 Å². The third kappa shape index (κ3) is 3.35. The summed E-state index contributed by atoms with van der Waals surface area (Å²) in [5.41, 5.74) is 0.401. The van der Waals surface area contributed by atoms with Crippen molar-refractivity contribution in [1.29, 1.82) is 0 Å². The predicted octanol–water partition coefficient (Wildman–Crippen LogP) is 1.52. The Morgan fingerprint density at radius 1 is 1.29 bits per heavy atom. The van der Waals surface area contributed by atoms with Crippen molar-refractivity contribution in [2.24, 2.45) is 0 Å². The van der Waals surface area contributed by atoms with E-state index in [2.05, 4.69) is 4.98 Å². The second-order valence-corrected chi connectivity index (χ2v) is 2.89. The number of hydrogen-bond acceptors (Lipinski definition) is 3. The maximum atomic E-state index is 11.4. The summed E-state index contributed by atoms with van der Waals surface area (Å²) in [6.07, 6.45) is 2.18. The molecule has 1 rings (SSSR count). The van der Waals surface area contributed by atoms with Gasteiger partial charge in [-0.3, -0.25) is 14.6 Å². The molecule has 1 N–H and O–H groups in total. The van der Waals surface area contributed by atoms with Crippen molar-refractivity contribution in [3.63, 3.8) is 0 Å². The Labute approximate surface area is 81.6 Å². The lowest BCUT2D eigenvalue weighted by atomic mass is 10.1. The first-order valence-corrected chi connectivity index (χ1v) is 4.36. The van der Waals surface area contributed by atoms with E-state index in [1.165, 1.54) is 0 Å². The standard InChI is InChI=1S/C10H11NO3/c12-9(5-3-6-10(13)14)8-4-1-2-7-11-8/h1-2,4,7H,3,5-6H2,(H,13,14). The number of carboxylic acid groups (broad SMARTS) is 1. The van der Waals surface area contributed by atoms with E-state index in [4.69, 9.17) is 5.11 Å². The maximum absolute atomic E-state index is 11.4. The number of aliphatic carboxylic acids is 1. The van der Waals surface area contributed by atoms with E-state index in [-0.39, 0.29) is 18.6 Å². The van der Waals surface area contributed by atoms with Crippen LogP contribution in [0.4, 0.5) is 0 Å². The molecule has 0 spiro atoms. The summed E-state index contributed by atoms with van der Waals surface area (Å²) in [5.74, 6) is -0.981. The van der Waals surface area contributed by atoms with Gasteiger partial charge in [0.2, 0.25) is 0 Å². The molecule has 4 heteroatoms. The summed E-state index contributed by atoms with van der Waals surface area (Å²) >= 11 is 0. The van der Waals surface area contributed by atoms with Crippen LogP contribution in [0.15, 0.2) is 24.4 Å². The normalized spacial score (nSPS) is 9.71. The van der Waals surface area contributed by atoms with Crippen LogP contribution in [0.1, 0.15) is 29.8 Å². The van der Waals surface area contributed by atoms with Crippen molar-refractivity contribution >= 4 is 11.8 Å². The fourth-order valence-corrected chi connectivity index (χ4v) is 1.06. The van der Waals surface area contributed by atoms with Crippen molar-refractivity contribution in [1.82, 2.24) is 4.98 Å². The van der Waals surface area contributed by atoms with Gasteiger partial charge in [-0.2, -0.15) is 0 Å². The second kappa shape index (κ2) is 5.11. The number of hydrogen-bond donors (Lipinski definition) is 1. The Bertz CT molecular complexity index is 321. The van der Waals surface area contributed by atoms with Gasteiger partial charge in [-0.05, 0) is 18.6 Å². The molecule has 0 aliphatic rings. The fourth-order valence-electron chi connectivity index (χ4n) is 1.06. The minimum atomic E-state index is -0.876. The predicted molar refractivity (Wildman–Crippen MR) is 50.1 cm³/mol. The molecule has 74 valence electrons. The SMILES string of the molecule is O=C(O)CCCC(=O)c1ccccn1. The highest BCUT2D eigenvalue weighted by Gasteiger charge is 2.07. The topological polar surface area (TPSA) is 67.3 Å². The minimum Gasteiger partial charge on any atom is -0.481 e. The molecule has 0 unspecified atom stereocenters. The van der Waals surface area contributed by atoms with E-state index < -0.39 is 5.97 Å². The van der Waals surface area contributed by atoms with Gasteiger partial charge in [0.25, 0.3) is 0 Å². The van der Waals surface area contributed by atoms with Gasteiger partial charge in [0.15, 0.2) is 5.78 Å². The van der Waals surface area contributed by atoms with Gasteiger partial charge < -0.3 is 5.11 Å². The van der Waals surface area contributed by atoms with E-state index in [0.717, 1.165) is 0 Å². The number of pyridine rings is 1. The van der Waals surface area contributed by atoms with E-state index in [0.29, 0.717) is 12.1 Å². The fraction of sp³-hybridized carbons (Fsp3) is 0.300. The third-order valence-corrected chi connectivity index (χ3v) is 1.75. The van der Waals surface area contributed by atoms with Gasteiger partial charge in [-0.1, -0.05) is 6.07 Å². The molecule has 0 bridgehead atoms. The number of rotatable bonds is 5. The van der Waals surface area contributed by atoms with Crippen LogP contribution >= 0.6 is 0 Å². The van der Waals surface area contributed by atoms with Crippen LogP contribution in [-0.4, -0.2) is 21.8 Å². The van der Waals surface area contributed by atoms with Crippen LogP contribution in [0, 0.1) is 0 Å². The molecule has 1 heterocycles. The number of Topliss-reactive ketones (excluding diaryl/α,β-unsaturated/α-hetero) is 1. The molecule has 14 heavy (non-hydrogen) atoms. The number of ketones is 1. The molecular formula is C10H11NO3. The van der Waals surface area contributed by atoms with Gasteiger partial charge in [0.05, 0.1) is 0 Å². The first-order valence-electron chi connectivity index (χ1n) is 4.36. The average molecular weight is 193 g/mol. The Kier molecular flexibility index (Phi) is 3.79. The molecular weight excluding hydrogens is 182 g/mol. The largest absolute Gasteiger partial charge is 0.481 e. The molecule has 0 saturated heterocycles. The highest BCUT2D eigenvalue weighted by molar-refractivity contribution is 5.94. The number of aromatic nitrogens is 1. The summed E-state index contributed by atoms with van der Waals surface area (Å²) in [7, 11) is 0. The molecule has 0 saturated carbocycles. The summed E-state index contributed by atoms with van der Waals surface area (Å²) in [6.45, 7) is 0. The Balaban J connectivity index is 2.40. The molecule has 1 aromatic heterocycles. The van der Waals surface area contributed by atoms with E-state index in [1.54, 1.807) is 24.4 Å². The number of nitrogens with zero attached hydrogens (tertiary/aromatic N) is 1. The summed E-state index contributed by atoms with van der Waals surface area (Å²) in [4.78, 5) is 25.4. The van der Waals surface area contributed by atoms with Crippen molar-refractivity contribution in [3.05, 3.63) is 30.1 Å². The maximum Gasteiger partial charge on any atom is 0.303 e. The third-order valence-electron chi connectivity index (χ3n) is 1.75. The quantitative estimate of drug-likeness (QED) is 0.720. The Hall–Kier alpha value is -1.71. The molecule has 0 amide bonds. The molecule has 0 aliphatic carbocycles. The highest BCUT2D eigenvalue weighted by atomic mass is 16.4. The second-order valence-electron chi connectivity index (χ2n) is 2.89. The first-order chi connectivity index (χ1) is 6.70. The van der Waals surface area contributed by atoms with Gasteiger partial charge in [-0.15, -0.1) is 0 Å². The van der Waals surface area contributed by atoms with Crippen molar-refractivity contribution in [2.45, 2.75) is 19.3 Å². The minimum absolute atomic E-state index is 0.0264. The van der Waals surface area contributed by atoms with Gasteiger partial charge in [-0.25, -0.2) is 0 Å². The lowest BCUT2D eigenvalue weighted by molar-refractivity contribution is -0.137. The van der Waals surface area contributed by atoms with Crippen molar-refractivity contribution in [2.75, 3.05) is 0 Å². The Morgan fingerprint density at radius 3 is 2.64 bits per heavy atom. The molecule has 0 atom stereocenters. The highest BCUT2D eigenvalue weighted by Crippen LogP contribution is 2.03. The molecule has 0 radical (unpaired) electrons. The van der Waals surface area contributed by atoms with Crippen LogP contribution in [0.5, 0.6) is 0 Å². The number of carbonyl (C=O) groups excluding carboxylic acids is 1. The lowest BCUT2D eigenvalue weighted by Gasteiger charge is -1.97. The zero-order valence-electron chi connectivity index (χ0n) is 7.64. The number of carbonyl (C=O) groups is 2. The smallest absolute Gasteiger partial charge is 0.303 e. The molecule has 0 fully saturated rings. The summed E-state index contributed by atoms with van der Waals surface area (Å²) in [5, 5.41) is 8.37. The molecule has 1 aromatic rings. The monoisotopic (exact) mass is 193 g/mol. The van der Waals surface area contributed by atoms with Gasteiger partial charge >= 0.3 is 5.97 Å². The van der Waals surface area contributed by atoms with Crippen molar-refractivity contribution < 1.29 is 14.7 Å². The lowest BCUT2D eigenvalue weighted by Crippen LogP contribution is -2.03. The zero-order valence-corrected chi connectivity index (χ0v) is 7.64. The average Bonchev–Trinajstić information content (AvgIpc) is 2.18. The van der Waals surface area contributed by atoms with Crippen LogP contribution in [-0.2, 0) is 4.79 Å². The summed E-state index contributed by atoms with van der Waals surface area (Å²) in [6, 6.07) is 5.09. The molecule has 0 aromatic carbocycles. The van der Waals surface area contributed by atoms with Crippen molar-refractivity contribution in [3.8, 4) is 0 Å². The molecule has 4 nitrogen and oxygen atoms in total. The van der Waals surface area contributed by atoms with E-state index in [9.17, 15) is 9.59 Å². The van der Waals surface area contributed by atoms with Crippen LogP contribution < -0.4 is 0 Å². The van der Waals surface area contributed by atoms with Crippen LogP contribution in [0.2, 0.25) is 0 Å². The Morgan fingerprint density at radius 2 is 2.07 bits per heavy atom. The van der Waals surface area contributed by atoms with Crippen LogP contribution in [0.25, 0.3) is 0 Å². The summed E-state index contributed by atoms with van der Waals surface area (Å²) < 4.78 is 0. The van der Waals surface area contributed by atoms with Crippen LogP contribution in [0.3, 0.4) is 0 Å². The zero-order chi connectivity index (χ0) is 10.4. The first kappa shape index (κ1) is 10.4. The van der Waals surface area contributed by atoms with E-state index >= 15 is 0 Å². The van der Waals surface area contributed by atoms with Gasteiger partial charge in [0.1, 0.15) is 5.69 Å². The molecule has 0 aliphatic heterocycles.